The first kappa shape index (κ1) is 17.7. The standard InChI is InChI=1S/C7H13F3O3S.Li/c8-7(9,10)5-3-1-2-4-6-14(11,12)13;/h1-6H2,(H,11,12,13);/q;+1/p-1. The zero-order valence-electron chi connectivity index (χ0n) is 8.51. The second kappa shape index (κ2) is 7.55. The Morgan fingerprint density at radius 1 is 1.00 bits per heavy atom. The maximum Gasteiger partial charge on any atom is 1.00 e. The molecule has 0 aliphatic carbocycles. The Bertz CT molecular complexity index is 251. The van der Waals surface area contributed by atoms with Crippen molar-refractivity contribution in [2.75, 3.05) is 5.75 Å². The van der Waals surface area contributed by atoms with E-state index >= 15 is 0 Å². The van der Waals surface area contributed by atoms with Crippen molar-refractivity contribution >= 4 is 10.1 Å². The van der Waals surface area contributed by atoms with Gasteiger partial charge in [-0.1, -0.05) is 12.8 Å². The van der Waals surface area contributed by atoms with Gasteiger partial charge in [0, 0.05) is 12.2 Å². The van der Waals surface area contributed by atoms with Gasteiger partial charge in [0.2, 0.25) is 0 Å². The van der Waals surface area contributed by atoms with Gasteiger partial charge in [0.1, 0.15) is 0 Å². The van der Waals surface area contributed by atoms with Gasteiger partial charge in [0.25, 0.3) is 0 Å². The molecule has 0 fully saturated rings. The first-order valence-electron chi connectivity index (χ1n) is 4.21. The van der Waals surface area contributed by atoms with Crippen LogP contribution >= 0.6 is 0 Å². The molecule has 0 atom stereocenters. The number of rotatable bonds is 6. The van der Waals surface area contributed by atoms with Crippen molar-refractivity contribution in [2.45, 2.75) is 38.3 Å². The molecule has 0 spiro atoms. The van der Waals surface area contributed by atoms with Crippen molar-refractivity contribution in [1.29, 1.82) is 0 Å². The van der Waals surface area contributed by atoms with Gasteiger partial charge in [0.15, 0.2) is 0 Å². The molecular weight excluding hydrogens is 228 g/mol. The third-order valence-corrected chi connectivity index (χ3v) is 2.39. The Morgan fingerprint density at radius 2 is 1.47 bits per heavy atom. The molecule has 3 nitrogen and oxygen atoms in total. The van der Waals surface area contributed by atoms with Gasteiger partial charge in [-0.3, -0.25) is 0 Å². The van der Waals surface area contributed by atoms with Crippen molar-refractivity contribution in [3.8, 4) is 0 Å². The largest absolute Gasteiger partial charge is 1.00 e. The van der Waals surface area contributed by atoms with Gasteiger partial charge in [-0.15, -0.1) is 0 Å². The van der Waals surface area contributed by atoms with E-state index in [0.29, 0.717) is 12.8 Å². The average Bonchev–Trinajstić information content (AvgIpc) is 1.92. The van der Waals surface area contributed by atoms with E-state index in [4.69, 9.17) is 0 Å². The van der Waals surface area contributed by atoms with Crippen LogP contribution in [-0.2, 0) is 10.1 Å². The van der Waals surface area contributed by atoms with Crippen LogP contribution in [0.15, 0.2) is 0 Å². The van der Waals surface area contributed by atoms with Gasteiger partial charge in [-0.2, -0.15) is 13.2 Å². The number of halogens is 3. The molecule has 0 aliphatic rings. The minimum atomic E-state index is -4.21. The fraction of sp³-hybridized carbons (Fsp3) is 1.00. The fourth-order valence-electron chi connectivity index (χ4n) is 0.958. The minimum absolute atomic E-state index is 0. The smallest absolute Gasteiger partial charge is 0.748 e. The van der Waals surface area contributed by atoms with E-state index < -0.39 is 28.5 Å². The molecule has 86 valence electrons. The van der Waals surface area contributed by atoms with E-state index in [9.17, 15) is 26.1 Å². The quantitative estimate of drug-likeness (QED) is 0.341. The summed E-state index contributed by atoms with van der Waals surface area (Å²) in [5.74, 6) is -0.487. The van der Waals surface area contributed by atoms with E-state index in [1.54, 1.807) is 0 Å². The third-order valence-electron chi connectivity index (χ3n) is 1.60. The summed E-state index contributed by atoms with van der Waals surface area (Å²) < 4.78 is 65.1. The first-order chi connectivity index (χ1) is 6.21. The van der Waals surface area contributed by atoms with E-state index in [1.807, 2.05) is 0 Å². The van der Waals surface area contributed by atoms with Gasteiger partial charge in [0.05, 0.1) is 10.1 Å². The predicted octanol–water partition coefficient (Wildman–Crippen LogP) is -0.952. The molecule has 0 aromatic carbocycles. The van der Waals surface area contributed by atoms with Gasteiger partial charge >= 0.3 is 25.0 Å². The number of hydrogen-bond donors (Lipinski definition) is 0. The molecule has 0 heterocycles. The van der Waals surface area contributed by atoms with Crippen LogP contribution in [-0.4, -0.2) is 24.9 Å². The van der Waals surface area contributed by atoms with Crippen LogP contribution in [0.5, 0.6) is 0 Å². The Hall–Kier alpha value is 0.297. The van der Waals surface area contributed by atoms with E-state index in [2.05, 4.69) is 0 Å². The molecule has 0 rings (SSSR count). The zero-order valence-corrected chi connectivity index (χ0v) is 9.33. The summed E-state index contributed by atoms with van der Waals surface area (Å²) >= 11 is 0. The number of hydrogen-bond acceptors (Lipinski definition) is 3. The first-order valence-corrected chi connectivity index (χ1v) is 5.79. The SMILES string of the molecule is O=S(=O)([O-])CCCCCCC(F)(F)F.[Li+]. The predicted molar refractivity (Wildman–Crippen MR) is 43.7 cm³/mol. The molecule has 0 aromatic rings. The van der Waals surface area contributed by atoms with Crippen molar-refractivity contribution in [2.24, 2.45) is 0 Å². The second-order valence-electron chi connectivity index (χ2n) is 3.04. The van der Waals surface area contributed by atoms with Crippen LogP contribution in [0.3, 0.4) is 0 Å². The van der Waals surface area contributed by atoms with Crippen molar-refractivity contribution in [3.05, 3.63) is 0 Å². The molecule has 0 aromatic heterocycles. The Morgan fingerprint density at radius 3 is 1.87 bits per heavy atom. The minimum Gasteiger partial charge on any atom is -0.748 e. The molecular formula is C7H12F3LiO3S. The van der Waals surface area contributed by atoms with Crippen molar-refractivity contribution < 1.29 is 45.0 Å². The second-order valence-corrected chi connectivity index (χ2v) is 4.56. The van der Waals surface area contributed by atoms with Crippen LogP contribution in [0.1, 0.15) is 32.1 Å². The van der Waals surface area contributed by atoms with Gasteiger partial charge in [-0.05, 0) is 12.8 Å². The molecule has 0 amide bonds. The fourth-order valence-corrected chi connectivity index (χ4v) is 1.52. The molecule has 0 radical (unpaired) electrons. The topological polar surface area (TPSA) is 57.2 Å². The molecule has 0 saturated carbocycles. The summed E-state index contributed by atoms with van der Waals surface area (Å²) in [4.78, 5) is 0. The normalized spacial score (nSPS) is 12.3. The van der Waals surface area contributed by atoms with E-state index in [-0.39, 0.29) is 31.7 Å². The summed E-state index contributed by atoms with van der Waals surface area (Å²) in [5.41, 5.74) is 0. The molecule has 15 heavy (non-hydrogen) atoms. The summed E-state index contributed by atoms with van der Waals surface area (Å²) in [6.45, 7) is 0. The molecule has 8 heteroatoms. The third kappa shape index (κ3) is 16.9. The monoisotopic (exact) mass is 240 g/mol. The Kier molecular flexibility index (Phi) is 8.90. The average molecular weight is 240 g/mol. The number of unbranched alkanes of at least 4 members (excludes halogenated alkanes) is 3. The number of alkyl halides is 3. The Labute approximate surface area is 99.4 Å². The maximum atomic E-state index is 11.6. The molecule has 0 unspecified atom stereocenters. The van der Waals surface area contributed by atoms with E-state index in [0.717, 1.165) is 0 Å². The van der Waals surface area contributed by atoms with Crippen LogP contribution in [0, 0.1) is 0 Å². The molecule has 0 N–H and O–H groups in total. The zero-order chi connectivity index (χ0) is 11.2. The van der Waals surface area contributed by atoms with Crippen molar-refractivity contribution in [1.82, 2.24) is 0 Å². The molecule has 0 aliphatic heterocycles. The molecule has 0 saturated heterocycles. The van der Waals surface area contributed by atoms with Crippen molar-refractivity contribution in [3.63, 3.8) is 0 Å². The van der Waals surface area contributed by atoms with Crippen LogP contribution in [0.25, 0.3) is 0 Å². The summed E-state index contributed by atoms with van der Waals surface area (Å²) in [6, 6.07) is 0. The summed E-state index contributed by atoms with van der Waals surface area (Å²) in [5, 5.41) is 0. The van der Waals surface area contributed by atoms with Crippen LogP contribution in [0.4, 0.5) is 13.2 Å². The Balaban J connectivity index is 0. The summed E-state index contributed by atoms with van der Waals surface area (Å²) in [7, 11) is -4.21. The van der Waals surface area contributed by atoms with Crippen LogP contribution in [0.2, 0.25) is 0 Å². The van der Waals surface area contributed by atoms with Gasteiger partial charge < -0.3 is 4.55 Å². The maximum absolute atomic E-state index is 11.6. The van der Waals surface area contributed by atoms with E-state index in [1.165, 1.54) is 0 Å². The van der Waals surface area contributed by atoms with Crippen LogP contribution < -0.4 is 18.9 Å². The van der Waals surface area contributed by atoms with Gasteiger partial charge in [-0.25, -0.2) is 8.42 Å². The summed E-state index contributed by atoms with van der Waals surface area (Å²) in [6.07, 6.45) is -4.22. The molecule has 0 bridgehead atoms.